The number of pyridine rings is 1. The number of halogens is 1. The molecule has 32 heavy (non-hydrogen) atoms. The number of thioether (sulfide) groups is 1. The van der Waals surface area contributed by atoms with E-state index in [9.17, 15) is 4.79 Å². The Hall–Kier alpha value is -3.16. The Kier molecular flexibility index (Phi) is 6.58. The van der Waals surface area contributed by atoms with E-state index in [2.05, 4.69) is 20.5 Å². The van der Waals surface area contributed by atoms with E-state index in [1.54, 1.807) is 12.4 Å². The van der Waals surface area contributed by atoms with Crippen LogP contribution in [0, 0.1) is 20.8 Å². The lowest BCUT2D eigenvalue weighted by atomic mass is 10.1. The second-order valence-electron chi connectivity index (χ2n) is 7.42. The molecule has 8 heteroatoms. The van der Waals surface area contributed by atoms with Crippen molar-refractivity contribution < 1.29 is 4.79 Å². The van der Waals surface area contributed by atoms with Crippen molar-refractivity contribution in [3.63, 3.8) is 0 Å². The first kappa shape index (κ1) is 22.0. The van der Waals surface area contributed by atoms with E-state index < -0.39 is 0 Å². The van der Waals surface area contributed by atoms with E-state index in [1.165, 1.54) is 11.8 Å². The number of carbonyl (C=O) groups is 1. The van der Waals surface area contributed by atoms with Gasteiger partial charge < -0.3 is 5.32 Å². The van der Waals surface area contributed by atoms with Crippen LogP contribution in [0.2, 0.25) is 5.02 Å². The number of carbonyl (C=O) groups excluding carboxylic acids is 1. The summed E-state index contributed by atoms with van der Waals surface area (Å²) in [6.45, 7) is 5.93. The molecule has 6 nitrogen and oxygen atoms in total. The van der Waals surface area contributed by atoms with Gasteiger partial charge >= 0.3 is 0 Å². The van der Waals surface area contributed by atoms with E-state index in [0.29, 0.717) is 16.0 Å². The van der Waals surface area contributed by atoms with Crippen molar-refractivity contribution in [3.8, 4) is 17.1 Å². The van der Waals surface area contributed by atoms with Crippen LogP contribution in [0.4, 0.5) is 5.69 Å². The van der Waals surface area contributed by atoms with Crippen LogP contribution in [0.25, 0.3) is 17.1 Å². The number of hydrogen-bond donors (Lipinski definition) is 1. The zero-order valence-electron chi connectivity index (χ0n) is 18.0. The van der Waals surface area contributed by atoms with E-state index in [4.69, 9.17) is 11.6 Å². The van der Waals surface area contributed by atoms with Crippen molar-refractivity contribution in [1.82, 2.24) is 19.7 Å². The summed E-state index contributed by atoms with van der Waals surface area (Å²) in [6.07, 6.45) is 3.42. The molecular formula is C24H22ClN5OS. The van der Waals surface area contributed by atoms with E-state index in [-0.39, 0.29) is 11.7 Å². The molecule has 2 heterocycles. The summed E-state index contributed by atoms with van der Waals surface area (Å²) in [4.78, 5) is 16.8. The SMILES string of the molecule is Cc1ccc(C)c(NC(=O)CSc2nnc(-c3ccncc3)n2-c2cccc(Cl)c2C)c1. The minimum Gasteiger partial charge on any atom is -0.325 e. The fourth-order valence-corrected chi connectivity index (χ4v) is 4.21. The minimum absolute atomic E-state index is 0.105. The quantitative estimate of drug-likeness (QED) is 0.374. The van der Waals surface area contributed by atoms with Crippen LogP contribution < -0.4 is 5.32 Å². The van der Waals surface area contributed by atoms with Crippen LogP contribution >= 0.6 is 23.4 Å². The molecule has 0 radical (unpaired) electrons. The first-order valence-corrected chi connectivity index (χ1v) is 11.4. The van der Waals surface area contributed by atoms with E-state index in [0.717, 1.165) is 33.6 Å². The van der Waals surface area contributed by atoms with Gasteiger partial charge in [0.15, 0.2) is 11.0 Å². The van der Waals surface area contributed by atoms with Gasteiger partial charge in [0, 0.05) is 28.7 Å². The van der Waals surface area contributed by atoms with E-state index >= 15 is 0 Å². The van der Waals surface area contributed by atoms with Gasteiger partial charge in [0.25, 0.3) is 0 Å². The van der Waals surface area contributed by atoms with Crippen molar-refractivity contribution in [2.24, 2.45) is 0 Å². The van der Waals surface area contributed by atoms with Crippen LogP contribution in [-0.2, 0) is 4.79 Å². The second-order valence-corrected chi connectivity index (χ2v) is 8.77. The van der Waals surface area contributed by atoms with Gasteiger partial charge in [-0.2, -0.15) is 0 Å². The van der Waals surface area contributed by atoms with Crippen LogP contribution in [0.15, 0.2) is 66.1 Å². The third-order valence-electron chi connectivity index (χ3n) is 5.05. The van der Waals surface area contributed by atoms with Crippen molar-refractivity contribution in [3.05, 3.63) is 82.6 Å². The Morgan fingerprint density at radius 3 is 2.62 bits per heavy atom. The van der Waals surface area contributed by atoms with Gasteiger partial charge in [-0.15, -0.1) is 10.2 Å². The summed E-state index contributed by atoms with van der Waals surface area (Å²) >= 11 is 7.72. The average Bonchev–Trinajstić information content (AvgIpc) is 3.21. The fourth-order valence-electron chi connectivity index (χ4n) is 3.29. The molecule has 0 atom stereocenters. The number of nitrogens with zero attached hydrogens (tertiary/aromatic N) is 4. The maximum Gasteiger partial charge on any atom is 0.234 e. The summed E-state index contributed by atoms with van der Waals surface area (Å²) in [6, 6.07) is 15.5. The number of aryl methyl sites for hydroxylation is 2. The molecule has 2 aromatic heterocycles. The maximum atomic E-state index is 12.7. The van der Waals surface area contributed by atoms with Gasteiger partial charge in [-0.25, -0.2) is 0 Å². The molecule has 0 aliphatic heterocycles. The summed E-state index contributed by atoms with van der Waals surface area (Å²) in [5.74, 6) is 0.753. The molecule has 0 saturated carbocycles. The van der Waals surface area contributed by atoms with Crippen molar-refractivity contribution in [1.29, 1.82) is 0 Å². The first-order valence-electron chi connectivity index (χ1n) is 10.0. The summed E-state index contributed by atoms with van der Waals surface area (Å²) < 4.78 is 1.94. The fraction of sp³-hybridized carbons (Fsp3) is 0.167. The van der Waals surface area contributed by atoms with Crippen LogP contribution in [-0.4, -0.2) is 31.4 Å². The molecule has 0 aliphatic rings. The highest BCUT2D eigenvalue weighted by atomic mass is 35.5. The highest BCUT2D eigenvalue weighted by Gasteiger charge is 2.19. The van der Waals surface area contributed by atoms with Gasteiger partial charge in [0.2, 0.25) is 5.91 Å². The van der Waals surface area contributed by atoms with Gasteiger partial charge in [-0.05, 0) is 67.8 Å². The summed E-state index contributed by atoms with van der Waals surface area (Å²) in [5, 5.41) is 13.0. The van der Waals surface area contributed by atoms with Crippen LogP contribution in [0.5, 0.6) is 0 Å². The third-order valence-corrected chi connectivity index (χ3v) is 6.39. The monoisotopic (exact) mass is 463 g/mol. The number of aromatic nitrogens is 4. The number of hydrogen-bond acceptors (Lipinski definition) is 5. The normalized spacial score (nSPS) is 10.9. The lowest BCUT2D eigenvalue weighted by Gasteiger charge is -2.14. The molecule has 0 saturated heterocycles. The maximum absolute atomic E-state index is 12.7. The predicted molar refractivity (Wildman–Crippen MR) is 130 cm³/mol. The third kappa shape index (κ3) is 4.69. The Balaban J connectivity index is 1.64. The summed E-state index contributed by atoms with van der Waals surface area (Å²) in [5.41, 5.74) is 5.58. The molecule has 0 aliphatic carbocycles. The number of benzene rings is 2. The predicted octanol–water partition coefficient (Wildman–Crippen LogP) is 5.64. The molecule has 162 valence electrons. The molecule has 1 amide bonds. The molecule has 1 N–H and O–H groups in total. The smallest absolute Gasteiger partial charge is 0.234 e. The van der Waals surface area contributed by atoms with E-state index in [1.807, 2.05) is 73.9 Å². The Bertz CT molecular complexity index is 1270. The number of anilines is 1. The Morgan fingerprint density at radius 2 is 1.84 bits per heavy atom. The Labute approximate surface area is 196 Å². The standard InChI is InChI=1S/C24H22ClN5OS/c1-15-7-8-16(2)20(13-15)27-22(31)14-32-24-29-28-23(18-9-11-26-12-10-18)30(24)21-6-4-5-19(25)17(21)3/h4-13H,14H2,1-3H3,(H,27,31). The van der Waals surface area contributed by atoms with Gasteiger partial charge in [-0.3, -0.25) is 14.3 Å². The molecule has 0 bridgehead atoms. The van der Waals surface area contributed by atoms with Crippen LogP contribution in [0.1, 0.15) is 16.7 Å². The van der Waals surface area contributed by atoms with Crippen molar-refractivity contribution in [2.75, 3.05) is 11.1 Å². The molecule has 2 aromatic carbocycles. The number of nitrogens with one attached hydrogen (secondary N) is 1. The highest BCUT2D eigenvalue weighted by Crippen LogP contribution is 2.31. The molecule has 4 rings (SSSR count). The number of rotatable bonds is 6. The lowest BCUT2D eigenvalue weighted by molar-refractivity contribution is -0.113. The topological polar surface area (TPSA) is 72.7 Å². The minimum atomic E-state index is -0.105. The highest BCUT2D eigenvalue weighted by molar-refractivity contribution is 7.99. The van der Waals surface area contributed by atoms with Crippen LogP contribution in [0.3, 0.4) is 0 Å². The number of amides is 1. The lowest BCUT2D eigenvalue weighted by Crippen LogP contribution is -2.15. The summed E-state index contributed by atoms with van der Waals surface area (Å²) in [7, 11) is 0. The zero-order valence-corrected chi connectivity index (χ0v) is 19.5. The molecule has 0 unspecified atom stereocenters. The molecule has 0 spiro atoms. The van der Waals surface area contributed by atoms with Gasteiger partial charge in [0.1, 0.15) is 0 Å². The first-order chi connectivity index (χ1) is 15.4. The molecule has 4 aromatic rings. The van der Waals surface area contributed by atoms with Gasteiger partial charge in [0.05, 0.1) is 11.4 Å². The van der Waals surface area contributed by atoms with Gasteiger partial charge in [-0.1, -0.05) is 41.6 Å². The second kappa shape index (κ2) is 9.54. The Morgan fingerprint density at radius 1 is 1.06 bits per heavy atom. The van der Waals surface area contributed by atoms with Crippen molar-refractivity contribution in [2.45, 2.75) is 25.9 Å². The largest absolute Gasteiger partial charge is 0.325 e. The zero-order chi connectivity index (χ0) is 22.7. The van der Waals surface area contributed by atoms with Crippen molar-refractivity contribution >= 4 is 35.0 Å². The average molecular weight is 464 g/mol. The molecule has 0 fully saturated rings. The molecular weight excluding hydrogens is 442 g/mol.